The Morgan fingerprint density at radius 3 is 2.59 bits per heavy atom. The van der Waals surface area contributed by atoms with Gasteiger partial charge in [0.15, 0.2) is 0 Å². The zero-order chi connectivity index (χ0) is 12.7. The van der Waals surface area contributed by atoms with Crippen LogP contribution in [0.4, 0.5) is 5.69 Å². The monoisotopic (exact) mass is 234 g/mol. The van der Waals surface area contributed by atoms with Crippen molar-refractivity contribution in [3.8, 4) is 0 Å². The van der Waals surface area contributed by atoms with Crippen molar-refractivity contribution in [3.05, 3.63) is 29.3 Å². The summed E-state index contributed by atoms with van der Waals surface area (Å²) in [6, 6.07) is 6.67. The highest BCUT2D eigenvalue weighted by atomic mass is 15.1. The Hall–Kier alpha value is -1.02. The zero-order valence-corrected chi connectivity index (χ0v) is 11.7. The third-order valence-corrected chi connectivity index (χ3v) is 3.04. The van der Waals surface area contributed by atoms with Crippen LogP contribution in [0.5, 0.6) is 0 Å². The van der Waals surface area contributed by atoms with E-state index >= 15 is 0 Å². The van der Waals surface area contributed by atoms with Crippen LogP contribution in [0.1, 0.15) is 30.9 Å². The van der Waals surface area contributed by atoms with Gasteiger partial charge in [0, 0.05) is 19.3 Å². The normalized spacial score (nSPS) is 10.6. The maximum atomic E-state index is 3.44. The number of hydrogen-bond donors (Lipinski definition) is 1. The number of anilines is 1. The summed E-state index contributed by atoms with van der Waals surface area (Å²) in [6.07, 6.45) is 2.41. The topological polar surface area (TPSA) is 15.3 Å². The molecule has 1 N–H and O–H groups in total. The van der Waals surface area contributed by atoms with Gasteiger partial charge in [0.05, 0.1) is 0 Å². The Bertz CT molecular complexity index is 334. The molecule has 0 saturated heterocycles. The zero-order valence-electron chi connectivity index (χ0n) is 11.7. The number of nitrogens with one attached hydrogen (secondary N) is 1. The molecular formula is C15H26N2. The van der Waals surface area contributed by atoms with Crippen molar-refractivity contribution >= 4 is 5.69 Å². The second kappa shape index (κ2) is 7.33. The number of aryl methyl sites for hydroxylation is 2. The Morgan fingerprint density at radius 1 is 1.18 bits per heavy atom. The van der Waals surface area contributed by atoms with Gasteiger partial charge in [-0.05, 0) is 51.4 Å². The average molecular weight is 234 g/mol. The van der Waals surface area contributed by atoms with Crippen LogP contribution in [-0.4, -0.2) is 26.7 Å². The summed E-state index contributed by atoms with van der Waals surface area (Å²) in [5.41, 5.74) is 4.06. The summed E-state index contributed by atoms with van der Waals surface area (Å²) < 4.78 is 0. The lowest BCUT2D eigenvalue weighted by molar-refractivity contribution is 0.637. The van der Waals surface area contributed by atoms with Gasteiger partial charge in [-0.25, -0.2) is 0 Å². The summed E-state index contributed by atoms with van der Waals surface area (Å²) in [6.45, 7) is 9.89. The highest BCUT2D eigenvalue weighted by Gasteiger charge is 2.03. The lowest BCUT2D eigenvalue weighted by Gasteiger charge is -2.21. The third kappa shape index (κ3) is 4.78. The standard InChI is InChI=1S/C15H26N2/c1-5-9-16-10-6-11-17(4)15-8-7-13(2)12-14(15)3/h7-8,12,16H,5-6,9-11H2,1-4H3. The molecule has 1 rings (SSSR count). The fourth-order valence-corrected chi connectivity index (χ4v) is 2.10. The molecule has 0 heterocycles. The molecule has 0 aliphatic carbocycles. The maximum Gasteiger partial charge on any atom is 0.0393 e. The largest absolute Gasteiger partial charge is 0.374 e. The van der Waals surface area contributed by atoms with Crippen molar-refractivity contribution in [1.29, 1.82) is 0 Å². The second-order valence-corrected chi connectivity index (χ2v) is 4.82. The summed E-state index contributed by atoms with van der Waals surface area (Å²) in [4.78, 5) is 2.35. The van der Waals surface area contributed by atoms with E-state index in [1.165, 1.54) is 29.7 Å². The van der Waals surface area contributed by atoms with Crippen LogP contribution in [0.3, 0.4) is 0 Å². The number of hydrogen-bond acceptors (Lipinski definition) is 2. The minimum absolute atomic E-state index is 1.11. The van der Waals surface area contributed by atoms with Crippen LogP contribution >= 0.6 is 0 Å². The van der Waals surface area contributed by atoms with E-state index in [4.69, 9.17) is 0 Å². The predicted molar refractivity (Wildman–Crippen MR) is 77.0 cm³/mol. The van der Waals surface area contributed by atoms with E-state index in [9.17, 15) is 0 Å². The molecule has 2 nitrogen and oxygen atoms in total. The molecule has 0 fully saturated rings. The van der Waals surface area contributed by atoms with Crippen molar-refractivity contribution in [2.45, 2.75) is 33.6 Å². The fraction of sp³-hybridized carbons (Fsp3) is 0.600. The van der Waals surface area contributed by atoms with Gasteiger partial charge in [0.25, 0.3) is 0 Å². The highest BCUT2D eigenvalue weighted by Crippen LogP contribution is 2.19. The minimum Gasteiger partial charge on any atom is -0.374 e. The first kappa shape index (κ1) is 14.0. The quantitative estimate of drug-likeness (QED) is 0.729. The van der Waals surface area contributed by atoms with E-state index < -0.39 is 0 Å². The Kier molecular flexibility index (Phi) is 6.06. The molecule has 0 amide bonds. The van der Waals surface area contributed by atoms with Crippen molar-refractivity contribution in [2.24, 2.45) is 0 Å². The Balaban J connectivity index is 2.38. The number of rotatable bonds is 7. The first-order chi connectivity index (χ1) is 8.15. The molecule has 0 unspecified atom stereocenters. The van der Waals surface area contributed by atoms with Crippen LogP contribution in [0.2, 0.25) is 0 Å². The lowest BCUT2D eigenvalue weighted by atomic mass is 10.1. The molecule has 0 aliphatic rings. The van der Waals surface area contributed by atoms with E-state index in [2.05, 4.69) is 56.2 Å². The average Bonchev–Trinajstić information content (AvgIpc) is 2.28. The molecule has 1 aromatic rings. The van der Waals surface area contributed by atoms with Gasteiger partial charge in [0.1, 0.15) is 0 Å². The number of nitrogens with zero attached hydrogens (tertiary/aromatic N) is 1. The molecular weight excluding hydrogens is 208 g/mol. The summed E-state index contributed by atoms with van der Waals surface area (Å²) in [7, 11) is 2.18. The van der Waals surface area contributed by atoms with E-state index in [1.54, 1.807) is 0 Å². The Labute approximate surface area is 106 Å². The second-order valence-electron chi connectivity index (χ2n) is 4.82. The molecule has 2 heteroatoms. The van der Waals surface area contributed by atoms with Gasteiger partial charge in [-0.3, -0.25) is 0 Å². The molecule has 0 radical (unpaired) electrons. The highest BCUT2D eigenvalue weighted by molar-refractivity contribution is 5.53. The first-order valence-electron chi connectivity index (χ1n) is 6.64. The van der Waals surface area contributed by atoms with Crippen LogP contribution in [-0.2, 0) is 0 Å². The van der Waals surface area contributed by atoms with Gasteiger partial charge in [-0.15, -0.1) is 0 Å². The van der Waals surface area contributed by atoms with Gasteiger partial charge >= 0.3 is 0 Å². The molecule has 0 saturated carbocycles. The molecule has 0 spiro atoms. The van der Waals surface area contributed by atoms with E-state index in [0.29, 0.717) is 0 Å². The van der Waals surface area contributed by atoms with E-state index in [0.717, 1.165) is 19.6 Å². The van der Waals surface area contributed by atoms with Crippen LogP contribution < -0.4 is 10.2 Å². The van der Waals surface area contributed by atoms with Crippen molar-refractivity contribution < 1.29 is 0 Å². The molecule has 0 aromatic heterocycles. The number of benzene rings is 1. The molecule has 1 aromatic carbocycles. The lowest BCUT2D eigenvalue weighted by Crippen LogP contribution is -2.24. The maximum absolute atomic E-state index is 3.44. The summed E-state index contributed by atoms with van der Waals surface area (Å²) >= 11 is 0. The smallest absolute Gasteiger partial charge is 0.0393 e. The third-order valence-electron chi connectivity index (χ3n) is 3.04. The molecule has 17 heavy (non-hydrogen) atoms. The fourth-order valence-electron chi connectivity index (χ4n) is 2.10. The molecule has 0 bridgehead atoms. The first-order valence-corrected chi connectivity index (χ1v) is 6.64. The van der Waals surface area contributed by atoms with Gasteiger partial charge in [-0.1, -0.05) is 24.6 Å². The summed E-state index contributed by atoms with van der Waals surface area (Å²) in [5, 5.41) is 3.44. The Morgan fingerprint density at radius 2 is 1.94 bits per heavy atom. The summed E-state index contributed by atoms with van der Waals surface area (Å²) in [5.74, 6) is 0. The van der Waals surface area contributed by atoms with Crippen molar-refractivity contribution in [2.75, 3.05) is 31.6 Å². The van der Waals surface area contributed by atoms with Gasteiger partial charge in [0.2, 0.25) is 0 Å². The van der Waals surface area contributed by atoms with Gasteiger partial charge in [-0.2, -0.15) is 0 Å². The van der Waals surface area contributed by atoms with E-state index in [1.807, 2.05) is 0 Å². The van der Waals surface area contributed by atoms with Crippen molar-refractivity contribution in [1.82, 2.24) is 5.32 Å². The molecule has 0 atom stereocenters. The molecule has 0 aliphatic heterocycles. The van der Waals surface area contributed by atoms with Crippen LogP contribution in [0.25, 0.3) is 0 Å². The van der Waals surface area contributed by atoms with Crippen LogP contribution in [0, 0.1) is 13.8 Å². The minimum atomic E-state index is 1.11. The van der Waals surface area contributed by atoms with Crippen molar-refractivity contribution in [3.63, 3.8) is 0 Å². The van der Waals surface area contributed by atoms with E-state index in [-0.39, 0.29) is 0 Å². The van der Waals surface area contributed by atoms with Gasteiger partial charge < -0.3 is 10.2 Å². The predicted octanol–water partition coefficient (Wildman–Crippen LogP) is 3.13. The molecule has 96 valence electrons. The SMILES string of the molecule is CCCNCCCN(C)c1ccc(C)cc1C. The van der Waals surface area contributed by atoms with Crippen LogP contribution in [0.15, 0.2) is 18.2 Å².